The minimum Gasteiger partial charge on any atom is -0.462 e. The van der Waals surface area contributed by atoms with Crippen LogP contribution in [0, 0.1) is 6.92 Å². The second kappa shape index (κ2) is 10.4. The second-order valence-corrected chi connectivity index (χ2v) is 8.61. The number of hydrogen-bond acceptors (Lipinski definition) is 4. The lowest BCUT2D eigenvalue weighted by molar-refractivity contribution is 0.0528. The monoisotopic (exact) mass is 438 g/mol. The number of hydrogen-bond donors (Lipinski definition) is 2. The fourth-order valence-corrected chi connectivity index (χ4v) is 4.48. The molecule has 0 spiro atoms. The van der Waals surface area contributed by atoms with Crippen molar-refractivity contribution in [2.75, 3.05) is 11.9 Å². The van der Waals surface area contributed by atoms with Crippen molar-refractivity contribution in [1.82, 2.24) is 5.32 Å². The maximum Gasteiger partial charge on any atom is 0.341 e. The number of carbonyl (C=O) groups excluding carboxylic acids is 1. The number of rotatable bonds is 7. The Labute approximate surface area is 187 Å². The van der Waals surface area contributed by atoms with E-state index in [1.807, 2.05) is 24.3 Å². The highest BCUT2D eigenvalue weighted by Crippen LogP contribution is 2.31. The molecule has 4 nitrogen and oxygen atoms in total. The molecule has 1 atom stereocenters. The minimum absolute atomic E-state index is 0.0420. The first-order valence-electron chi connectivity index (χ1n) is 9.94. The zero-order chi connectivity index (χ0) is 21.5. The van der Waals surface area contributed by atoms with E-state index in [9.17, 15) is 4.79 Å². The Kier molecular flexibility index (Phi) is 7.60. The molecule has 156 valence electrons. The van der Waals surface area contributed by atoms with E-state index in [1.165, 1.54) is 22.5 Å². The molecule has 0 radical (unpaired) electrons. The summed E-state index contributed by atoms with van der Waals surface area (Å²) in [4.78, 5) is 13.5. The van der Waals surface area contributed by atoms with Gasteiger partial charge in [-0.25, -0.2) is 4.79 Å². The van der Waals surface area contributed by atoms with Gasteiger partial charge in [0, 0.05) is 11.3 Å². The van der Waals surface area contributed by atoms with Crippen LogP contribution in [0.5, 0.6) is 0 Å². The second-order valence-electron chi connectivity index (χ2n) is 7.07. The van der Waals surface area contributed by atoms with Crippen molar-refractivity contribution in [3.63, 3.8) is 0 Å². The molecular formula is C24H26N2O2S2. The predicted molar refractivity (Wildman–Crippen MR) is 128 cm³/mol. The third-order valence-corrected chi connectivity index (χ3v) is 5.92. The zero-order valence-corrected chi connectivity index (χ0v) is 19.0. The highest BCUT2D eigenvalue weighted by molar-refractivity contribution is 7.80. The number of aryl methyl sites for hydroxylation is 1. The molecule has 0 bridgehead atoms. The van der Waals surface area contributed by atoms with Crippen LogP contribution in [-0.2, 0) is 11.2 Å². The van der Waals surface area contributed by atoms with Gasteiger partial charge in [0.15, 0.2) is 5.11 Å². The van der Waals surface area contributed by atoms with Gasteiger partial charge in [0.1, 0.15) is 5.00 Å². The van der Waals surface area contributed by atoms with Gasteiger partial charge in [0.05, 0.1) is 18.2 Å². The van der Waals surface area contributed by atoms with Crippen molar-refractivity contribution in [2.45, 2.75) is 33.2 Å². The first-order valence-corrected chi connectivity index (χ1v) is 11.2. The Morgan fingerprint density at radius 1 is 1.13 bits per heavy atom. The summed E-state index contributed by atoms with van der Waals surface area (Å²) >= 11 is 7.04. The first kappa shape index (κ1) is 22.0. The summed E-state index contributed by atoms with van der Waals surface area (Å²) in [6.07, 6.45) is 0.750. The highest BCUT2D eigenvalue weighted by atomic mass is 32.1. The molecule has 0 saturated heterocycles. The van der Waals surface area contributed by atoms with Gasteiger partial charge in [-0.1, -0.05) is 60.2 Å². The summed E-state index contributed by atoms with van der Waals surface area (Å²) in [6, 6.07) is 20.4. The van der Waals surface area contributed by atoms with Crippen LogP contribution in [-0.4, -0.2) is 17.7 Å². The zero-order valence-electron chi connectivity index (χ0n) is 17.4. The van der Waals surface area contributed by atoms with Gasteiger partial charge < -0.3 is 15.4 Å². The number of thiophene rings is 1. The molecule has 1 unspecified atom stereocenters. The van der Waals surface area contributed by atoms with Crippen LogP contribution in [0.3, 0.4) is 0 Å². The number of benzene rings is 2. The van der Waals surface area contributed by atoms with E-state index in [0.29, 0.717) is 22.3 Å². The summed E-state index contributed by atoms with van der Waals surface area (Å²) in [6.45, 7) is 6.25. The molecule has 6 heteroatoms. The van der Waals surface area contributed by atoms with E-state index in [4.69, 9.17) is 17.0 Å². The van der Waals surface area contributed by atoms with Gasteiger partial charge in [0.2, 0.25) is 0 Å². The largest absolute Gasteiger partial charge is 0.462 e. The molecule has 0 aliphatic heterocycles. The Balaban J connectivity index is 1.74. The highest BCUT2D eigenvalue weighted by Gasteiger charge is 2.19. The molecule has 1 heterocycles. The number of esters is 1. The fourth-order valence-electron chi connectivity index (χ4n) is 3.05. The van der Waals surface area contributed by atoms with Gasteiger partial charge >= 0.3 is 5.97 Å². The van der Waals surface area contributed by atoms with Crippen molar-refractivity contribution < 1.29 is 9.53 Å². The Bertz CT molecular complexity index is 998. The lowest BCUT2D eigenvalue weighted by atomic mass is 10.1. The molecule has 0 aliphatic rings. The summed E-state index contributed by atoms with van der Waals surface area (Å²) in [5, 5.41) is 7.68. The molecule has 0 saturated carbocycles. The third kappa shape index (κ3) is 5.90. The standard InChI is InChI=1S/C24H26N2O2S2/c1-4-28-23(27)21-15-20(14-18-8-6-5-7-9-18)30-22(21)26-24(29)25-17(3)19-12-10-16(2)11-13-19/h5-13,15,17H,4,14H2,1-3H3,(H2,25,26,29). The van der Waals surface area contributed by atoms with E-state index in [2.05, 4.69) is 60.9 Å². The van der Waals surface area contributed by atoms with Crippen molar-refractivity contribution in [3.8, 4) is 0 Å². The lowest BCUT2D eigenvalue weighted by Gasteiger charge is -2.17. The van der Waals surface area contributed by atoms with E-state index in [1.54, 1.807) is 6.92 Å². The van der Waals surface area contributed by atoms with Crippen LogP contribution in [0.25, 0.3) is 0 Å². The molecule has 3 rings (SSSR count). The van der Waals surface area contributed by atoms with E-state index in [-0.39, 0.29) is 12.0 Å². The lowest BCUT2D eigenvalue weighted by Crippen LogP contribution is -2.31. The van der Waals surface area contributed by atoms with Crippen molar-refractivity contribution in [2.24, 2.45) is 0 Å². The average Bonchev–Trinajstić information content (AvgIpc) is 3.11. The van der Waals surface area contributed by atoms with Gasteiger partial charge in [0.25, 0.3) is 0 Å². The number of nitrogens with one attached hydrogen (secondary N) is 2. The summed E-state index contributed by atoms with van der Waals surface area (Å²) in [5.41, 5.74) is 4.07. The van der Waals surface area contributed by atoms with Crippen LogP contribution in [0.15, 0.2) is 60.7 Å². The van der Waals surface area contributed by atoms with Crippen molar-refractivity contribution >= 4 is 39.6 Å². The Morgan fingerprint density at radius 2 is 1.83 bits per heavy atom. The normalized spacial score (nSPS) is 11.6. The smallest absolute Gasteiger partial charge is 0.341 e. The van der Waals surface area contributed by atoms with Gasteiger partial charge in [-0.05, 0) is 50.2 Å². The molecule has 0 amide bonds. The Hall–Kier alpha value is -2.70. The molecule has 2 N–H and O–H groups in total. The number of carbonyl (C=O) groups is 1. The number of thiocarbonyl (C=S) groups is 1. The molecule has 30 heavy (non-hydrogen) atoms. The van der Waals surface area contributed by atoms with Gasteiger partial charge in [-0.2, -0.15) is 0 Å². The molecule has 0 aliphatic carbocycles. The summed E-state index contributed by atoms with van der Waals surface area (Å²) in [5.74, 6) is -0.343. The average molecular weight is 439 g/mol. The summed E-state index contributed by atoms with van der Waals surface area (Å²) < 4.78 is 5.24. The quantitative estimate of drug-likeness (QED) is 0.357. The van der Waals surface area contributed by atoms with Crippen LogP contribution in [0.4, 0.5) is 5.00 Å². The van der Waals surface area contributed by atoms with E-state index >= 15 is 0 Å². The van der Waals surface area contributed by atoms with Crippen LogP contribution >= 0.6 is 23.6 Å². The third-order valence-electron chi connectivity index (χ3n) is 4.65. The van der Waals surface area contributed by atoms with Crippen molar-refractivity contribution in [1.29, 1.82) is 0 Å². The van der Waals surface area contributed by atoms with Gasteiger partial charge in [-0.15, -0.1) is 11.3 Å². The molecule has 0 fully saturated rings. The predicted octanol–water partition coefficient (Wildman–Crippen LogP) is 5.87. The van der Waals surface area contributed by atoms with Crippen LogP contribution in [0.1, 0.15) is 51.8 Å². The maximum absolute atomic E-state index is 12.5. The SMILES string of the molecule is CCOC(=O)c1cc(Cc2ccccc2)sc1NC(=S)NC(C)c1ccc(C)cc1. The Morgan fingerprint density at radius 3 is 2.50 bits per heavy atom. The maximum atomic E-state index is 12.5. The van der Waals surface area contributed by atoms with E-state index < -0.39 is 0 Å². The topological polar surface area (TPSA) is 50.4 Å². The van der Waals surface area contributed by atoms with Crippen molar-refractivity contribution in [3.05, 3.63) is 87.8 Å². The number of ether oxygens (including phenoxy) is 1. The molecular weight excluding hydrogens is 412 g/mol. The number of anilines is 1. The molecule has 3 aromatic rings. The molecule has 1 aromatic heterocycles. The van der Waals surface area contributed by atoms with Crippen LogP contribution < -0.4 is 10.6 Å². The van der Waals surface area contributed by atoms with Crippen LogP contribution in [0.2, 0.25) is 0 Å². The first-order chi connectivity index (χ1) is 14.5. The summed E-state index contributed by atoms with van der Waals surface area (Å²) in [7, 11) is 0. The fraction of sp³-hybridized carbons (Fsp3) is 0.250. The molecule has 2 aromatic carbocycles. The van der Waals surface area contributed by atoms with Gasteiger partial charge in [-0.3, -0.25) is 0 Å². The minimum atomic E-state index is -0.343. The van der Waals surface area contributed by atoms with E-state index in [0.717, 1.165) is 16.9 Å².